The van der Waals surface area contributed by atoms with Gasteiger partial charge in [-0.15, -0.1) is 6.58 Å². The van der Waals surface area contributed by atoms with Crippen LogP contribution in [0.5, 0.6) is 0 Å². The number of hydrogen-bond donors (Lipinski definition) is 2. The molecule has 1 aliphatic rings. The van der Waals surface area contributed by atoms with E-state index >= 15 is 0 Å². The highest BCUT2D eigenvalue weighted by molar-refractivity contribution is 8.01. The lowest BCUT2D eigenvalue weighted by atomic mass is 10.0. The number of fused-ring (bicyclic) bond motifs is 1. The van der Waals surface area contributed by atoms with Crippen molar-refractivity contribution in [2.75, 3.05) is 24.6 Å². The Morgan fingerprint density at radius 2 is 2.03 bits per heavy atom. The van der Waals surface area contributed by atoms with Crippen LogP contribution in [0.15, 0.2) is 70.5 Å². The SMILES string of the molecule is C=CCONC(=O)C1N(S(=O)(=O)c2ccc3oc(-c4ccc(N)cc4)cc3c2)CCSC1(C)C. The zero-order chi connectivity index (χ0) is 24.5. The predicted molar refractivity (Wildman–Crippen MR) is 135 cm³/mol. The number of furan rings is 1. The number of carbonyl (C=O) groups is 1. The number of hydroxylamine groups is 1. The Hall–Kier alpha value is -2.79. The predicted octanol–water partition coefficient (Wildman–Crippen LogP) is 3.80. The number of thioether (sulfide) groups is 1. The van der Waals surface area contributed by atoms with Crippen molar-refractivity contribution in [3.05, 3.63) is 61.2 Å². The largest absolute Gasteiger partial charge is 0.456 e. The molecule has 0 aliphatic carbocycles. The summed E-state index contributed by atoms with van der Waals surface area (Å²) >= 11 is 1.55. The number of nitrogen functional groups attached to an aromatic ring is 1. The highest BCUT2D eigenvalue weighted by Gasteiger charge is 2.48. The van der Waals surface area contributed by atoms with E-state index in [1.54, 1.807) is 42.1 Å². The van der Waals surface area contributed by atoms with E-state index in [0.29, 0.717) is 28.2 Å². The molecule has 0 radical (unpaired) electrons. The van der Waals surface area contributed by atoms with Crippen molar-refractivity contribution >= 4 is 44.3 Å². The van der Waals surface area contributed by atoms with Crippen molar-refractivity contribution < 1.29 is 22.5 Å². The van der Waals surface area contributed by atoms with Crippen LogP contribution in [-0.4, -0.2) is 48.3 Å². The molecule has 1 aliphatic heterocycles. The Balaban J connectivity index is 1.68. The van der Waals surface area contributed by atoms with Gasteiger partial charge in [0.1, 0.15) is 17.4 Å². The summed E-state index contributed by atoms with van der Waals surface area (Å²) in [6.45, 7) is 7.58. The molecule has 0 spiro atoms. The molecule has 2 heterocycles. The van der Waals surface area contributed by atoms with E-state index in [4.69, 9.17) is 15.0 Å². The van der Waals surface area contributed by atoms with Gasteiger partial charge in [0.15, 0.2) is 0 Å². The molecular weight excluding hydrogens is 474 g/mol. The van der Waals surface area contributed by atoms with Crippen LogP contribution < -0.4 is 11.2 Å². The first-order valence-electron chi connectivity index (χ1n) is 10.7. The second-order valence-corrected chi connectivity index (χ2v) is 12.1. The number of nitrogens with zero attached hydrogens (tertiary/aromatic N) is 1. The van der Waals surface area contributed by atoms with Crippen LogP contribution in [-0.2, 0) is 19.7 Å². The number of carbonyl (C=O) groups excluding carboxylic acids is 1. The fraction of sp³-hybridized carbons (Fsp3) is 0.292. The summed E-state index contributed by atoms with van der Waals surface area (Å²) in [7, 11) is -3.99. The van der Waals surface area contributed by atoms with Crippen LogP contribution in [0.4, 0.5) is 5.69 Å². The van der Waals surface area contributed by atoms with Gasteiger partial charge in [0, 0.05) is 33.7 Å². The Bertz CT molecular complexity index is 1320. The van der Waals surface area contributed by atoms with Gasteiger partial charge in [-0.25, -0.2) is 13.9 Å². The van der Waals surface area contributed by atoms with Crippen molar-refractivity contribution in [2.45, 2.75) is 29.5 Å². The molecule has 1 saturated heterocycles. The molecule has 1 atom stereocenters. The summed E-state index contributed by atoms with van der Waals surface area (Å²) < 4.78 is 33.9. The van der Waals surface area contributed by atoms with Gasteiger partial charge in [-0.1, -0.05) is 6.08 Å². The Morgan fingerprint density at radius 1 is 1.29 bits per heavy atom. The van der Waals surface area contributed by atoms with Crippen LogP contribution in [0.25, 0.3) is 22.3 Å². The highest BCUT2D eigenvalue weighted by atomic mass is 32.2. The summed E-state index contributed by atoms with van der Waals surface area (Å²) in [5, 5.41) is 0.647. The Kier molecular flexibility index (Phi) is 6.77. The maximum absolute atomic E-state index is 13.7. The van der Waals surface area contributed by atoms with Crippen molar-refractivity contribution in [3.63, 3.8) is 0 Å². The number of rotatable bonds is 7. The fourth-order valence-electron chi connectivity index (χ4n) is 3.99. The molecule has 8 nitrogen and oxygen atoms in total. The number of hydrogen-bond acceptors (Lipinski definition) is 7. The average Bonchev–Trinajstić information content (AvgIpc) is 3.22. The molecule has 10 heteroatoms. The monoisotopic (exact) mass is 501 g/mol. The lowest BCUT2D eigenvalue weighted by molar-refractivity contribution is -0.137. The summed E-state index contributed by atoms with van der Waals surface area (Å²) in [4.78, 5) is 18.2. The summed E-state index contributed by atoms with van der Waals surface area (Å²) in [5.41, 5.74) is 10.2. The lowest BCUT2D eigenvalue weighted by Crippen LogP contribution is -2.61. The minimum Gasteiger partial charge on any atom is -0.456 e. The van der Waals surface area contributed by atoms with Gasteiger partial charge >= 0.3 is 0 Å². The molecule has 180 valence electrons. The first-order chi connectivity index (χ1) is 16.1. The molecule has 3 aromatic rings. The van der Waals surface area contributed by atoms with Crippen molar-refractivity contribution in [1.29, 1.82) is 0 Å². The zero-order valence-electron chi connectivity index (χ0n) is 19.0. The maximum Gasteiger partial charge on any atom is 0.263 e. The molecule has 1 unspecified atom stereocenters. The second kappa shape index (κ2) is 9.46. The Labute approximate surface area is 203 Å². The van der Waals surface area contributed by atoms with Crippen LogP contribution in [0, 0.1) is 0 Å². The first kappa shape index (κ1) is 24.3. The number of nitrogens with two attached hydrogens (primary N) is 1. The van der Waals surface area contributed by atoms with E-state index in [-0.39, 0.29) is 18.0 Å². The number of anilines is 1. The van der Waals surface area contributed by atoms with Gasteiger partial charge in [-0.2, -0.15) is 16.1 Å². The number of nitrogens with one attached hydrogen (secondary N) is 1. The summed E-state index contributed by atoms with van der Waals surface area (Å²) in [5.74, 6) is 0.660. The number of benzene rings is 2. The Morgan fingerprint density at radius 3 is 2.74 bits per heavy atom. The molecule has 3 N–H and O–H groups in total. The lowest BCUT2D eigenvalue weighted by Gasteiger charge is -2.43. The van der Waals surface area contributed by atoms with E-state index in [1.807, 2.05) is 26.0 Å². The molecule has 1 aromatic heterocycles. The standard InChI is InChI=1S/C24H27N3O5S2/c1-4-12-31-26-23(28)22-24(2,3)33-13-11-27(22)34(29,30)19-9-10-20-17(14-19)15-21(32-20)16-5-7-18(25)8-6-16/h4-10,14-15,22H,1,11-13,25H2,2-3H3,(H,26,28). The van der Waals surface area contributed by atoms with Crippen LogP contribution in [0.2, 0.25) is 0 Å². The normalized spacial score (nSPS) is 18.6. The van der Waals surface area contributed by atoms with E-state index in [0.717, 1.165) is 5.56 Å². The van der Waals surface area contributed by atoms with Gasteiger partial charge in [0.05, 0.1) is 11.5 Å². The molecule has 34 heavy (non-hydrogen) atoms. The average molecular weight is 502 g/mol. The van der Waals surface area contributed by atoms with E-state index in [2.05, 4.69) is 12.1 Å². The van der Waals surface area contributed by atoms with Crippen molar-refractivity contribution in [1.82, 2.24) is 9.79 Å². The third kappa shape index (κ3) is 4.72. The first-order valence-corrected chi connectivity index (χ1v) is 13.1. The third-order valence-electron chi connectivity index (χ3n) is 5.64. The van der Waals surface area contributed by atoms with Crippen molar-refractivity contribution in [2.24, 2.45) is 0 Å². The maximum atomic E-state index is 13.7. The van der Waals surface area contributed by atoms with E-state index < -0.39 is 26.7 Å². The molecule has 0 saturated carbocycles. The van der Waals surface area contributed by atoms with Gasteiger partial charge < -0.3 is 10.2 Å². The van der Waals surface area contributed by atoms with Gasteiger partial charge in [0.25, 0.3) is 5.91 Å². The summed E-state index contributed by atoms with van der Waals surface area (Å²) in [6.07, 6.45) is 1.49. The third-order valence-corrected chi connectivity index (χ3v) is 8.86. The van der Waals surface area contributed by atoms with Crippen molar-refractivity contribution in [3.8, 4) is 11.3 Å². The van der Waals surface area contributed by atoms with Gasteiger partial charge in [0.2, 0.25) is 10.0 Å². The zero-order valence-corrected chi connectivity index (χ0v) is 20.6. The molecule has 4 rings (SSSR count). The topological polar surface area (TPSA) is 115 Å². The van der Waals surface area contributed by atoms with E-state index in [1.165, 1.54) is 16.4 Å². The molecule has 1 amide bonds. The molecule has 1 fully saturated rings. The smallest absolute Gasteiger partial charge is 0.263 e. The van der Waals surface area contributed by atoms with Crippen LogP contribution >= 0.6 is 11.8 Å². The second-order valence-electron chi connectivity index (χ2n) is 8.47. The molecular formula is C24H27N3O5S2. The minimum absolute atomic E-state index is 0.0946. The van der Waals surface area contributed by atoms with E-state index in [9.17, 15) is 13.2 Å². The number of amides is 1. The summed E-state index contributed by atoms with van der Waals surface area (Å²) in [6, 6.07) is 12.8. The molecule has 0 bridgehead atoms. The van der Waals surface area contributed by atoms with Crippen LogP contribution in [0.3, 0.4) is 0 Å². The quantitative estimate of drug-likeness (QED) is 0.219. The van der Waals surface area contributed by atoms with Gasteiger partial charge in [-0.05, 0) is 62.4 Å². The highest BCUT2D eigenvalue weighted by Crippen LogP contribution is 2.39. The molecule has 2 aromatic carbocycles. The fourth-order valence-corrected chi connectivity index (χ4v) is 7.14. The van der Waals surface area contributed by atoms with Gasteiger partial charge in [-0.3, -0.25) is 9.63 Å². The van der Waals surface area contributed by atoms with Crippen LogP contribution in [0.1, 0.15) is 13.8 Å². The minimum atomic E-state index is -3.99. The number of sulfonamides is 1.